The number of nitrogens with two attached hydrogens (primary N) is 1. The van der Waals surface area contributed by atoms with E-state index in [2.05, 4.69) is 4.98 Å². The summed E-state index contributed by atoms with van der Waals surface area (Å²) in [4.78, 5) is 18.0. The van der Waals surface area contributed by atoms with Crippen molar-refractivity contribution in [1.82, 2.24) is 9.88 Å². The van der Waals surface area contributed by atoms with Crippen molar-refractivity contribution >= 4 is 11.6 Å². The summed E-state index contributed by atoms with van der Waals surface area (Å²) in [6.45, 7) is 5.11. The molecule has 2 N–H and O–H groups in total. The first-order valence-electron chi connectivity index (χ1n) is 5.72. The van der Waals surface area contributed by atoms with Gasteiger partial charge in [0.05, 0.1) is 17.8 Å². The highest BCUT2D eigenvalue weighted by molar-refractivity contribution is 5.98. The highest BCUT2D eigenvalue weighted by Crippen LogP contribution is 2.17. The quantitative estimate of drug-likeness (QED) is 0.785. The molecule has 92 valence electrons. The normalized spacial score (nSPS) is 24.7. The van der Waals surface area contributed by atoms with Gasteiger partial charge in [0.1, 0.15) is 0 Å². The van der Waals surface area contributed by atoms with Crippen LogP contribution in [0, 0.1) is 0 Å². The molecule has 0 radical (unpaired) electrons. The predicted molar refractivity (Wildman–Crippen MR) is 64.6 cm³/mol. The highest BCUT2D eigenvalue weighted by atomic mass is 16.5. The van der Waals surface area contributed by atoms with Crippen molar-refractivity contribution in [1.29, 1.82) is 0 Å². The van der Waals surface area contributed by atoms with Crippen molar-refractivity contribution in [2.75, 3.05) is 18.8 Å². The van der Waals surface area contributed by atoms with E-state index in [4.69, 9.17) is 10.5 Å². The number of amides is 1. The fourth-order valence-corrected chi connectivity index (χ4v) is 2.10. The molecular weight excluding hydrogens is 218 g/mol. The molecule has 1 aliphatic rings. The monoisotopic (exact) mass is 235 g/mol. The number of anilines is 1. The molecule has 1 aromatic heterocycles. The summed E-state index contributed by atoms with van der Waals surface area (Å²) >= 11 is 0. The Labute approximate surface area is 101 Å². The third-order valence-electron chi connectivity index (χ3n) is 2.79. The lowest BCUT2D eigenvalue weighted by atomic mass is 10.1. The van der Waals surface area contributed by atoms with Gasteiger partial charge in [0.25, 0.3) is 5.91 Å². The minimum Gasteiger partial charge on any atom is -0.398 e. The summed E-state index contributed by atoms with van der Waals surface area (Å²) in [5, 5.41) is 0. The second-order valence-corrected chi connectivity index (χ2v) is 4.43. The lowest BCUT2D eigenvalue weighted by molar-refractivity contribution is -0.0586. The van der Waals surface area contributed by atoms with Crippen molar-refractivity contribution in [3.8, 4) is 0 Å². The van der Waals surface area contributed by atoms with Gasteiger partial charge >= 0.3 is 0 Å². The van der Waals surface area contributed by atoms with Gasteiger partial charge in [-0.05, 0) is 19.9 Å². The molecule has 1 amide bonds. The summed E-state index contributed by atoms with van der Waals surface area (Å²) in [6, 6.07) is 1.64. The molecule has 1 aromatic rings. The Morgan fingerprint density at radius 3 is 2.71 bits per heavy atom. The maximum Gasteiger partial charge on any atom is 0.257 e. The molecule has 5 nitrogen and oxygen atoms in total. The zero-order valence-corrected chi connectivity index (χ0v) is 10.1. The van der Waals surface area contributed by atoms with E-state index in [0.29, 0.717) is 24.3 Å². The van der Waals surface area contributed by atoms with E-state index in [0.717, 1.165) is 0 Å². The Kier molecular flexibility index (Phi) is 3.28. The molecule has 2 atom stereocenters. The van der Waals surface area contributed by atoms with Gasteiger partial charge in [0, 0.05) is 31.2 Å². The number of morpholine rings is 1. The van der Waals surface area contributed by atoms with Crippen LogP contribution in [0.25, 0.3) is 0 Å². The van der Waals surface area contributed by atoms with Crippen LogP contribution in [-0.4, -0.2) is 41.1 Å². The molecule has 1 aliphatic heterocycles. The van der Waals surface area contributed by atoms with Crippen molar-refractivity contribution < 1.29 is 9.53 Å². The van der Waals surface area contributed by atoms with E-state index in [1.807, 2.05) is 13.8 Å². The number of hydrogen-bond donors (Lipinski definition) is 1. The minimum atomic E-state index is -0.0717. The van der Waals surface area contributed by atoms with Crippen LogP contribution in [0.1, 0.15) is 24.2 Å². The Morgan fingerprint density at radius 2 is 2.12 bits per heavy atom. The van der Waals surface area contributed by atoms with Gasteiger partial charge in [-0.3, -0.25) is 9.78 Å². The molecule has 5 heteroatoms. The number of carbonyl (C=O) groups excluding carboxylic acids is 1. The second kappa shape index (κ2) is 4.71. The third-order valence-corrected chi connectivity index (χ3v) is 2.79. The van der Waals surface area contributed by atoms with E-state index < -0.39 is 0 Å². The van der Waals surface area contributed by atoms with Gasteiger partial charge in [-0.25, -0.2) is 0 Å². The van der Waals surface area contributed by atoms with Crippen LogP contribution in [0.15, 0.2) is 18.5 Å². The van der Waals surface area contributed by atoms with E-state index in [1.165, 1.54) is 6.20 Å². The number of nitrogens with zero attached hydrogens (tertiary/aromatic N) is 2. The SMILES string of the molecule is C[C@@H]1CN(C(=O)c2cnccc2N)C[C@@H](C)O1. The molecule has 2 rings (SSSR count). The number of carbonyl (C=O) groups is 1. The summed E-state index contributed by atoms with van der Waals surface area (Å²) in [5.74, 6) is -0.0717. The van der Waals surface area contributed by atoms with Crippen molar-refractivity contribution in [3.63, 3.8) is 0 Å². The first kappa shape index (κ1) is 11.9. The summed E-state index contributed by atoms with van der Waals surface area (Å²) in [5.41, 5.74) is 6.71. The zero-order chi connectivity index (χ0) is 12.4. The molecule has 1 fully saturated rings. The molecule has 17 heavy (non-hydrogen) atoms. The minimum absolute atomic E-state index is 0.0561. The highest BCUT2D eigenvalue weighted by Gasteiger charge is 2.27. The second-order valence-electron chi connectivity index (χ2n) is 4.43. The number of rotatable bonds is 1. The molecule has 0 saturated carbocycles. The summed E-state index contributed by atoms with van der Waals surface area (Å²) in [7, 11) is 0. The number of pyridine rings is 1. The van der Waals surface area contributed by atoms with Gasteiger partial charge in [-0.15, -0.1) is 0 Å². The number of nitrogen functional groups attached to an aromatic ring is 1. The van der Waals surface area contributed by atoms with Crippen molar-refractivity contribution in [3.05, 3.63) is 24.0 Å². The molecule has 0 unspecified atom stereocenters. The predicted octanol–water partition coefficient (Wildman–Crippen LogP) is 0.913. The van der Waals surface area contributed by atoms with Gasteiger partial charge < -0.3 is 15.4 Å². The van der Waals surface area contributed by atoms with Crippen LogP contribution in [0.3, 0.4) is 0 Å². The molecule has 0 spiro atoms. The average molecular weight is 235 g/mol. The largest absolute Gasteiger partial charge is 0.398 e. The van der Waals surface area contributed by atoms with Crippen LogP contribution < -0.4 is 5.73 Å². The lowest BCUT2D eigenvalue weighted by Crippen LogP contribution is -2.48. The van der Waals surface area contributed by atoms with Crippen LogP contribution in [0.4, 0.5) is 5.69 Å². The maximum atomic E-state index is 12.3. The zero-order valence-electron chi connectivity index (χ0n) is 10.1. The summed E-state index contributed by atoms with van der Waals surface area (Å²) in [6.07, 6.45) is 3.21. The van der Waals surface area contributed by atoms with E-state index >= 15 is 0 Å². The van der Waals surface area contributed by atoms with Gasteiger partial charge in [-0.2, -0.15) is 0 Å². The van der Waals surface area contributed by atoms with E-state index in [9.17, 15) is 4.79 Å². The lowest BCUT2D eigenvalue weighted by Gasteiger charge is -2.35. The van der Waals surface area contributed by atoms with Crippen LogP contribution in [0.2, 0.25) is 0 Å². The Balaban J connectivity index is 2.17. The molecule has 0 aliphatic carbocycles. The van der Waals surface area contributed by atoms with Gasteiger partial charge in [0.15, 0.2) is 0 Å². The molecular formula is C12H17N3O2. The average Bonchev–Trinajstić information content (AvgIpc) is 2.27. The maximum absolute atomic E-state index is 12.3. The molecule has 2 heterocycles. The van der Waals surface area contributed by atoms with Gasteiger partial charge in [0.2, 0.25) is 0 Å². The fraction of sp³-hybridized carbons (Fsp3) is 0.500. The Morgan fingerprint density at radius 1 is 1.47 bits per heavy atom. The van der Waals surface area contributed by atoms with Gasteiger partial charge in [-0.1, -0.05) is 0 Å². The topological polar surface area (TPSA) is 68.5 Å². The Hall–Kier alpha value is -1.62. The van der Waals surface area contributed by atoms with Crippen LogP contribution >= 0.6 is 0 Å². The Bertz CT molecular complexity index is 412. The number of aromatic nitrogens is 1. The van der Waals surface area contributed by atoms with Crippen LogP contribution in [-0.2, 0) is 4.74 Å². The number of hydrogen-bond acceptors (Lipinski definition) is 4. The van der Waals surface area contributed by atoms with E-state index in [1.54, 1.807) is 17.2 Å². The standard InChI is InChI=1S/C12H17N3O2/c1-8-6-15(7-9(2)17-8)12(16)10-5-14-4-3-11(10)13/h3-5,8-9H,6-7H2,1-2H3,(H2,13,14)/t8-,9-/m1/s1. The smallest absolute Gasteiger partial charge is 0.257 e. The fourth-order valence-electron chi connectivity index (χ4n) is 2.10. The van der Waals surface area contributed by atoms with Crippen molar-refractivity contribution in [2.45, 2.75) is 26.1 Å². The van der Waals surface area contributed by atoms with Crippen LogP contribution in [0.5, 0.6) is 0 Å². The third kappa shape index (κ3) is 2.55. The molecule has 0 bridgehead atoms. The first-order valence-corrected chi connectivity index (χ1v) is 5.72. The van der Waals surface area contributed by atoms with E-state index in [-0.39, 0.29) is 18.1 Å². The van der Waals surface area contributed by atoms with Crippen molar-refractivity contribution in [2.24, 2.45) is 0 Å². The molecule has 1 saturated heterocycles. The summed E-state index contributed by atoms with van der Waals surface area (Å²) < 4.78 is 5.59. The first-order chi connectivity index (χ1) is 8.08. The molecule has 0 aromatic carbocycles. The number of ether oxygens (including phenoxy) is 1.